The zero-order valence-corrected chi connectivity index (χ0v) is 11.6. The molecule has 0 radical (unpaired) electrons. The molecule has 19 heavy (non-hydrogen) atoms. The van der Waals surface area contributed by atoms with E-state index in [1.54, 1.807) is 0 Å². The lowest BCUT2D eigenvalue weighted by Gasteiger charge is -2.26. The summed E-state index contributed by atoms with van der Waals surface area (Å²) in [5.41, 5.74) is 1.10. The molecule has 2 rings (SSSR count). The Morgan fingerprint density at radius 1 is 1.21 bits per heavy atom. The van der Waals surface area contributed by atoms with E-state index < -0.39 is 0 Å². The summed E-state index contributed by atoms with van der Waals surface area (Å²) in [4.78, 5) is 11.7. The number of hydrogen-bond donors (Lipinski definition) is 1. The Morgan fingerprint density at radius 3 is 2.58 bits per heavy atom. The van der Waals surface area contributed by atoms with Gasteiger partial charge in [-0.2, -0.15) is 0 Å². The van der Waals surface area contributed by atoms with Crippen molar-refractivity contribution in [1.82, 2.24) is 5.32 Å². The van der Waals surface area contributed by atoms with E-state index in [2.05, 4.69) is 12.2 Å². The molecule has 0 aliphatic heterocycles. The maximum atomic E-state index is 11.7. The molecule has 1 aromatic carbocycles. The fourth-order valence-corrected chi connectivity index (χ4v) is 2.51. The van der Waals surface area contributed by atoms with Gasteiger partial charge in [0.1, 0.15) is 6.61 Å². The van der Waals surface area contributed by atoms with Crippen molar-refractivity contribution in [2.75, 3.05) is 6.61 Å². The lowest BCUT2D eigenvalue weighted by molar-refractivity contribution is -0.127. The van der Waals surface area contributed by atoms with Crippen molar-refractivity contribution in [1.29, 1.82) is 0 Å². The molecule has 1 aliphatic rings. The molecule has 0 heterocycles. The van der Waals surface area contributed by atoms with Crippen LogP contribution in [0.25, 0.3) is 0 Å². The Bertz CT molecular complexity index is 383. The first-order valence-electron chi connectivity index (χ1n) is 7.15. The Balaban J connectivity index is 1.62. The first-order chi connectivity index (χ1) is 9.24. The number of hydrogen-bond acceptors (Lipinski definition) is 2. The summed E-state index contributed by atoms with van der Waals surface area (Å²) < 4.78 is 5.43. The molecule has 1 fully saturated rings. The van der Waals surface area contributed by atoms with Crippen molar-refractivity contribution in [2.45, 2.75) is 45.3 Å². The highest BCUT2D eigenvalue weighted by Gasteiger charge is 2.19. The van der Waals surface area contributed by atoms with Crippen LogP contribution in [-0.2, 0) is 16.1 Å². The van der Waals surface area contributed by atoms with Gasteiger partial charge < -0.3 is 10.1 Å². The number of benzene rings is 1. The molecule has 1 amide bonds. The number of carbonyl (C=O) groups is 1. The summed E-state index contributed by atoms with van der Waals surface area (Å²) in [6.45, 7) is 2.93. The maximum Gasteiger partial charge on any atom is 0.246 e. The second kappa shape index (κ2) is 7.29. The fourth-order valence-electron chi connectivity index (χ4n) is 2.51. The molecule has 0 saturated heterocycles. The second-order valence-corrected chi connectivity index (χ2v) is 5.50. The van der Waals surface area contributed by atoms with Gasteiger partial charge in [0.15, 0.2) is 0 Å². The third kappa shape index (κ3) is 5.03. The van der Waals surface area contributed by atoms with Gasteiger partial charge in [-0.3, -0.25) is 4.79 Å². The predicted molar refractivity (Wildman–Crippen MR) is 75.7 cm³/mol. The minimum absolute atomic E-state index is 0.00971. The Morgan fingerprint density at radius 2 is 1.89 bits per heavy atom. The SMILES string of the molecule is CC1CCC(NC(=O)COCc2ccccc2)CC1. The largest absolute Gasteiger partial charge is 0.367 e. The third-order valence-corrected chi connectivity index (χ3v) is 3.73. The summed E-state index contributed by atoms with van der Waals surface area (Å²) in [5.74, 6) is 0.818. The molecule has 0 aromatic heterocycles. The zero-order chi connectivity index (χ0) is 13.5. The highest BCUT2D eigenvalue weighted by Crippen LogP contribution is 2.23. The van der Waals surface area contributed by atoms with Crippen LogP contribution >= 0.6 is 0 Å². The van der Waals surface area contributed by atoms with Gasteiger partial charge in [0.25, 0.3) is 0 Å². The number of ether oxygens (including phenoxy) is 1. The third-order valence-electron chi connectivity index (χ3n) is 3.73. The molecule has 1 aliphatic carbocycles. The van der Waals surface area contributed by atoms with E-state index in [1.807, 2.05) is 30.3 Å². The molecule has 0 unspecified atom stereocenters. The number of carbonyl (C=O) groups excluding carboxylic acids is 1. The molecular formula is C16H23NO2. The van der Waals surface area contributed by atoms with Crippen LogP contribution in [0.4, 0.5) is 0 Å². The van der Waals surface area contributed by atoms with Crippen molar-refractivity contribution in [3.63, 3.8) is 0 Å². The van der Waals surface area contributed by atoms with Gasteiger partial charge >= 0.3 is 0 Å². The molecule has 0 atom stereocenters. The number of rotatable bonds is 5. The molecular weight excluding hydrogens is 238 g/mol. The van der Waals surface area contributed by atoms with Crippen molar-refractivity contribution < 1.29 is 9.53 Å². The van der Waals surface area contributed by atoms with Crippen LogP contribution < -0.4 is 5.32 Å². The van der Waals surface area contributed by atoms with Crippen LogP contribution in [0.1, 0.15) is 38.2 Å². The van der Waals surface area contributed by atoms with E-state index >= 15 is 0 Å². The average molecular weight is 261 g/mol. The Labute approximate surface area is 115 Å². The lowest BCUT2D eigenvalue weighted by atomic mass is 9.87. The highest BCUT2D eigenvalue weighted by molar-refractivity contribution is 5.77. The lowest BCUT2D eigenvalue weighted by Crippen LogP contribution is -2.39. The maximum absolute atomic E-state index is 11.7. The van der Waals surface area contributed by atoms with Crippen molar-refractivity contribution in [3.8, 4) is 0 Å². The van der Waals surface area contributed by atoms with Gasteiger partial charge in [0.05, 0.1) is 6.61 Å². The van der Waals surface area contributed by atoms with E-state index in [-0.39, 0.29) is 12.5 Å². The smallest absolute Gasteiger partial charge is 0.246 e. The highest BCUT2D eigenvalue weighted by atomic mass is 16.5. The fraction of sp³-hybridized carbons (Fsp3) is 0.562. The van der Waals surface area contributed by atoms with Crippen molar-refractivity contribution in [3.05, 3.63) is 35.9 Å². The summed E-state index contributed by atoms with van der Waals surface area (Å²) >= 11 is 0. The Hall–Kier alpha value is -1.35. The van der Waals surface area contributed by atoms with Crippen molar-refractivity contribution in [2.24, 2.45) is 5.92 Å². The van der Waals surface area contributed by atoms with Gasteiger partial charge in [-0.05, 0) is 37.2 Å². The normalized spacial score (nSPS) is 23.0. The van der Waals surface area contributed by atoms with Gasteiger partial charge in [-0.1, -0.05) is 37.3 Å². The van der Waals surface area contributed by atoms with E-state index in [1.165, 1.54) is 12.8 Å². The first kappa shape index (κ1) is 14.1. The van der Waals surface area contributed by atoms with Crippen LogP contribution in [0.5, 0.6) is 0 Å². The topological polar surface area (TPSA) is 38.3 Å². The summed E-state index contributed by atoms with van der Waals surface area (Å²) in [7, 11) is 0. The van der Waals surface area contributed by atoms with Crippen LogP contribution in [0, 0.1) is 5.92 Å². The van der Waals surface area contributed by atoms with Gasteiger partial charge in [-0.25, -0.2) is 0 Å². The molecule has 3 nitrogen and oxygen atoms in total. The molecule has 1 N–H and O–H groups in total. The molecule has 104 valence electrons. The molecule has 1 aromatic rings. The molecule has 1 saturated carbocycles. The summed E-state index contributed by atoms with van der Waals surface area (Å²) in [5, 5.41) is 3.06. The van der Waals surface area contributed by atoms with Crippen LogP contribution in [0.2, 0.25) is 0 Å². The predicted octanol–water partition coefficient (Wildman–Crippen LogP) is 2.90. The number of amides is 1. The van der Waals surface area contributed by atoms with Gasteiger partial charge in [0.2, 0.25) is 5.91 Å². The quantitative estimate of drug-likeness (QED) is 0.885. The first-order valence-corrected chi connectivity index (χ1v) is 7.15. The molecule has 0 spiro atoms. The number of nitrogens with one attached hydrogen (secondary N) is 1. The van der Waals surface area contributed by atoms with E-state index in [0.29, 0.717) is 12.6 Å². The van der Waals surface area contributed by atoms with E-state index in [0.717, 1.165) is 24.3 Å². The van der Waals surface area contributed by atoms with Crippen LogP contribution in [0.15, 0.2) is 30.3 Å². The van der Waals surface area contributed by atoms with Gasteiger partial charge in [0, 0.05) is 6.04 Å². The summed E-state index contributed by atoms with van der Waals surface area (Å²) in [6.07, 6.45) is 4.64. The van der Waals surface area contributed by atoms with E-state index in [4.69, 9.17) is 4.74 Å². The standard InChI is InChI=1S/C16H23NO2/c1-13-7-9-15(10-8-13)17-16(18)12-19-11-14-5-3-2-4-6-14/h2-6,13,15H,7-12H2,1H3,(H,17,18). The minimum Gasteiger partial charge on any atom is -0.367 e. The van der Waals surface area contributed by atoms with Crippen LogP contribution in [-0.4, -0.2) is 18.6 Å². The monoisotopic (exact) mass is 261 g/mol. The average Bonchev–Trinajstić information content (AvgIpc) is 2.43. The second-order valence-electron chi connectivity index (χ2n) is 5.50. The van der Waals surface area contributed by atoms with Gasteiger partial charge in [-0.15, -0.1) is 0 Å². The molecule has 3 heteroatoms. The van der Waals surface area contributed by atoms with Crippen molar-refractivity contribution >= 4 is 5.91 Å². The Kier molecular flexibility index (Phi) is 5.40. The molecule has 0 bridgehead atoms. The summed E-state index contributed by atoms with van der Waals surface area (Å²) in [6, 6.07) is 10.3. The zero-order valence-electron chi connectivity index (χ0n) is 11.6. The van der Waals surface area contributed by atoms with E-state index in [9.17, 15) is 4.79 Å². The minimum atomic E-state index is 0.00971. The van der Waals surface area contributed by atoms with Crippen LogP contribution in [0.3, 0.4) is 0 Å².